The quantitative estimate of drug-likeness (QED) is 0.739. The number of nitrogens with zero attached hydrogens (tertiary/aromatic N) is 2. The molecule has 0 aliphatic rings. The molecule has 0 saturated carbocycles. The highest BCUT2D eigenvalue weighted by Gasteiger charge is 2.15. The van der Waals surface area contributed by atoms with Gasteiger partial charge in [-0.25, -0.2) is 9.07 Å². The number of aromatic nitrogens is 2. The number of carbonyl (C=O) groups excluding carboxylic acids is 1. The number of rotatable bonds is 6. The fourth-order valence-corrected chi connectivity index (χ4v) is 2.77. The maximum absolute atomic E-state index is 13.1. The highest BCUT2D eigenvalue weighted by Crippen LogP contribution is 2.15. The normalized spacial score (nSPS) is 10.7. The molecule has 0 bridgehead atoms. The van der Waals surface area contributed by atoms with E-state index in [9.17, 15) is 9.18 Å². The fraction of sp³-hybridized carbons (Fsp3) is 0.200. The van der Waals surface area contributed by atoms with Crippen LogP contribution in [0.5, 0.6) is 0 Å². The van der Waals surface area contributed by atoms with Gasteiger partial charge in [0.05, 0.1) is 29.7 Å². The van der Waals surface area contributed by atoms with Crippen LogP contribution < -0.4 is 5.32 Å². The average Bonchev–Trinajstić information content (AvgIpc) is 3.03. The summed E-state index contributed by atoms with van der Waals surface area (Å²) < 4.78 is 19.9. The van der Waals surface area contributed by atoms with Gasteiger partial charge in [-0.3, -0.25) is 4.79 Å². The molecule has 0 aliphatic carbocycles. The Labute approximate surface area is 151 Å². The molecule has 0 radical (unpaired) electrons. The molecular formula is C20H20FN3O2. The van der Waals surface area contributed by atoms with Crippen LogP contribution in [-0.4, -0.2) is 22.8 Å². The molecule has 3 aromatic rings. The molecular weight excluding hydrogens is 333 g/mol. The fourth-order valence-electron chi connectivity index (χ4n) is 2.77. The van der Waals surface area contributed by atoms with E-state index in [4.69, 9.17) is 4.74 Å². The number of amides is 1. The number of hydrogen-bond acceptors (Lipinski definition) is 3. The largest absolute Gasteiger partial charge is 0.380 e. The average molecular weight is 353 g/mol. The first kappa shape index (κ1) is 17.8. The van der Waals surface area contributed by atoms with Crippen LogP contribution in [0.2, 0.25) is 0 Å². The van der Waals surface area contributed by atoms with Crippen molar-refractivity contribution in [3.8, 4) is 5.69 Å². The third-order valence-electron chi connectivity index (χ3n) is 4.18. The van der Waals surface area contributed by atoms with Crippen molar-refractivity contribution in [1.82, 2.24) is 15.1 Å². The first-order valence-electron chi connectivity index (χ1n) is 8.24. The van der Waals surface area contributed by atoms with E-state index < -0.39 is 0 Å². The number of halogens is 1. The lowest BCUT2D eigenvalue weighted by molar-refractivity contribution is 0.0950. The van der Waals surface area contributed by atoms with E-state index in [0.29, 0.717) is 30.1 Å². The van der Waals surface area contributed by atoms with Crippen LogP contribution in [0.3, 0.4) is 0 Å². The summed E-state index contributed by atoms with van der Waals surface area (Å²) in [6.07, 6.45) is 1.52. The summed E-state index contributed by atoms with van der Waals surface area (Å²) in [6, 6.07) is 13.8. The second-order valence-electron chi connectivity index (χ2n) is 5.92. The summed E-state index contributed by atoms with van der Waals surface area (Å²) in [5, 5.41) is 7.17. The molecule has 1 amide bonds. The van der Waals surface area contributed by atoms with Crippen molar-refractivity contribution < 1.29 is 13.9 Å². The molecule has 3 rings (SSSR count). The Kier molecular flexibility index (Phi) is 5.43. The Morgan fingerprint density at radius 1 is 1.15 bits per heavy atom. The Hall–Kier alpha value is -2.99. The molecule has 1 N–H and O–H groups in total. The van der Waals surface area contributed by atoms with Gasteiger partial charge in [0, 0.05) is 13.7 Å². The van der Waals surface area contributed by atoms with E-state index >= 15 is 0 Å². The lowest BCUT2D eigenvalue weighted by atomic mass is 10.1. The van der Waals surface area contributed by atoms with E-state index in [1.807, 2.05) is 31.2 Å². The molecule has 1 heterocycles. The molecule has 6 heteroatoms. The summed E-state index contributed by atoms with van der Waals surface area (Å²) >= 11 is 0. The van der Waals surface area contributed by atoms with Crippen LogP contribution in [0.1, 0.15) is 27.2 Å². The lowest BCUT2D eigenvalue weighted by Crippen LogP contribution is -2.24. The van der Waals surface area contributed by atoms with Crippen LogP contribution in [-0.2, 0) is 17.9 Å². The van der Waals surface area contributed by atoms with E-state index in [-0.39, 0.29) is 11.7 Å². The van der Waals surface area contributed by atoms with Gasteiger partial charge in [-0.2, -0.15) is 5.10 Å². The topological polar surface area (TPSA) is 56.1 Å². The van der Waals surface area contributed by atoms with Crippen LogP contribution in [0.25, 0.3) is 5.69 Å². The Balaban J connectivity index is 1.74. The van der Waals surface area contributed by atoms with E-state index in [1.165, 1.54) is 18.3 Å². The molecule has 5 nitrogen and oxygen atoms in total. The van der Waals surface area contributed by atoms with Gasteiger partial charge in [0.1, 0.15) is 5.82 Å². The number of nitrogens with one attached hydrogen (secondary N) is 1. The van der Waals surface area contributed by atoms with Crippen molar-refractivity contribution in [1.29, 1.82) is 0 Å². The molecule has 0 atom stereocenters. The lowest BCUT2D eigenvalue weighted by Gasteiger charge is -2.10. The predicted octanol–water partition coefficient (Wildman–Crippen LogP) is 3.40. The van der Waals surface area contributed by atoms with Gasteiger partial charge in [0.15, 0.2) is 0 Å². The zero-order valence-corrected chi connectivity index (χ0v) is 14.7. The summed E-state index contributed by atoms with van der Waals surface area (Å²) in [7, 11) is 1.64. The number of ether oxygens (including phenoxy) is 1. The summed E-state index contributed by atoms with van der Waals surface area (Å²) in [5.41, 5.74) is 3.92. The highest BCUT2D eigenvalue weighted by molar-refractivity contribution is 5.95. The van der Waals surface area contributed by atoms with Crippen LogP contribution in [0, 0.1) is 12.7 Å². The van der Waals surface area contributed by atoms with Crippen molar-refractivity contribution in [3.05, 3.63) is 82.9 Å². The first-order chi connectivity index (χ1) is 12.6. The molecule has 0 aliphatic heterocycles. The Morgan fingerprint density at radius 2 is 1.85 bits per heavy atom. The molecule has 0 fully saturated rings. The zero-order valence-electron chi connectivity index (χ0n) is 14.7. The molecule has 26 heavy (non-hydrogen) atoms. The Morgan fingerprint density at radius 3 is 2.54 bits per heavy atom. The minimum Gasteiger partial charge on any atom is -0.380 e. The van der Waals surface area contributed by atoms with Gasteiger partial charge in [-0.15, -0.1) is 0 Å². The van der Waals surface area contributed by atoms with Crippen molar-refractivity contribution >= 4 is 5.91 Å². The van der Waals surface area contributed by atoms with Gasteiger partial charge < -0.3 is 10.1 Å². The number of benzene rings is 2. The standard InChI is InChI=1S/C20H20FN3O2/c1-14-19(12-23-24(14)18-9-7-17(21)8-10-18)20(25)22-11-15-5-3-4-6-16(15)13-26-2/h3-10,12H,11,13H2,1-2H3,(H,22,25). The Bertz CT molecular complexity index is 904. The summed E-state index contributed by atoms with van der Waals surface area (Å²) in [5.74, 6) is -0.519. The van der Waals surface area contributed by atoms with Gasteiger partial charge >= 0.3 is 0 Å². The second-order valence-corrected chi connectivity index (χ2v) is 5.92. The van der Waals surface area contributed by atoms with Crippen molar-refractivity contribution in [2.45, 2.75) is 20.1 Å². The monoisotopic (exact) mass is 353 g/mol. The highest BCUT2D eigenvalue weighted by atomic mass is 19.1. The maximum atomic E-state index is 13.1. The first-order valence-corrected chi connectivity index (χ1v) is 8.24. The van der Waals surface area contributed by atoms with E-state index in [0.717, 1.165) is 11.1 Å². The van der Waals surface area contributed by atoms with Crippen LogP contribution in [0.4, 0.5) is 4.39 Å². The second kappa shape index (κ2) is 7.93. The van der Waals surface area contributed by atoms with Gasteiger partial charge in [0.2, 0.25) is 0 Å². The molecule has 0 spiro atoms. The van der Waals surface area contributed by atoms with Gasteiger partial charge in [-0.05, 0) is 42.3 Å². The number of hydrogen-bond donors (Lipinski definition) is 1. The minimum absolute atomic E-state index is 0.205. The predicted molar refractivity (Wildman–Crippen MR) is 96.6 cm³/mol. The third kappa shape index (κ3) is 3.81. The molecule has 134 valence electrons. The summed E-state index contributed by atoms with van der Waals surface area (Å²) in [6.45, 7) is 2.71. The van der Waals surface area contributed by atoms with Gasteiger partial charge in [-0.1, -0.05) is 24.3 Å². The SMILES string of the molecule is COCc1ccccc1CNC(=O)c1cnn(-c2ccc(F)cc2)c1C. The summed E-state index contributed by atoms with van der Waals surface area (Å²) in [4.78, 5) is 12.6. The smallest absolute Gasteiger partial charge is 0.255 e. The molecule has 0 saturated heterocycles. The molecule has 0 unspecified atom stereocenters. The van der Waals surface area contributed by atoms with Crippen molar-refractivity contribution in [2.75, 3.05) is 7.11 Å². The van der Waals surface area contributed by atoms with E-state index in [1.54, 1.807) is 23.9 Å². The maximum Gasteiger partial charge on any atom is 0.255 e. The molecule has 2 aromatic carbocycles. The van der Waals surface area contributed by atoms with Crippen molar-refractivity contribution in [2.24, 2.45) is 0 Å². The van der Waals surface area contributed by atoms with Crippen LogP contribution in [0.15, 0.2) is 54.7 Å². The third-order valence-corrected chi connectivity index (χ3v) is 4.18. The van der Waals surface area contributed by atoms with Gasteiger partial charge in [0.25, 0.3) is 5.91 Å². The van der Waals surface area contributed by atoms with Crippen LogP contribution >= 0.6 is 0 Å². The molecule has 1 aromatic heterocycles. The minimum atomic E-state index is -0.314. The number of carbonyl (C=O) groups is 1. The van der Waals surface area contributed by atoms with E-state index in [2.05, 4.69) is 10.4 Å². The zero-order chi connectivity index (χ0) is 18.5. The van der Waals surface area contributed by atoms with Crippen molar-refractivity contribution in [3.63, 3.8) is 0 Å². The number of methoxy groups -OCH3 is 1.